The average Bonchev–Trinajstić information content (AvgIpc) is 3.13. The molecule has 130 valence electrons. The summed E-state index contributed by atoms with van der Waals surface area (Å²) in [6, 6.07) is 5.21. The van der Waals surface area contributed by atoms with Gasteiger partial charge in [0.1, 0.15) is 5.76 Å². The van der Waals surface area contributed by atoms with Crippen LogP contribution in [0.5, 0.6) is 0 Å². The fraction of sp³-hybridized carbons (Fsp3) is 0.467. The van der Waals surface area contributed by atoms with Crippen LogP contribution in [-0.4, -0.2) is 48.4 Å². The first-order chi connectivity index (χ1) is 11.3. The van der Waals surface area contributed by atoms with Crippen LogP contribution in [0.2, 0.25) is 0 Å². The standard InChI is InChI=1S/C15H20N4O4S/c1-11-3-4-14(23-11)15(20)18-9-12-5-7-16-19(12)13(10-18)6-8-17-24(2,21)22/h3-5,7,13,17H,6,8-10H2,1-2H3/t13-/m0/s1. The number of hydrogen-bond acceptors (Lipinski definition) is 5. The number of nitrogens with zero attached hydrogens (tertiary/aromatic N) is 3. The first-order valence-electron chi connectivity index (χ1n) is 7.66. The predicted octanol–water partition coefficient (Wildman–Crippen LogP) is 0.921. The zero-order chi connectivity index (χ0) is 17.3. The molecule has 0 unspecified atom stereocenters. The van der Waals surface area contributed by atoms with E-state index in [0.29, 0.717) is 37.6 Å². The van der Waals surface area contributed by atoms with Crippen LogP contribution in [-0.2, 0) is 16.6 Å². The molecule has 0 bridgehead atoms. The number of fused-ring (bicyclic) bond motifs is 1. The van der Waals surface area contributed by atoms with Crippen LogP contribution in [0, 0.1) is 6.92 Å². The second-order valence-electron chi connectivity index (χ2n) is 5.97. The molecule has 0 radical (unpaired) electrons. The fourth-order valence-electron chi connectivity index (χ4n) is 2.87. The van der Waals surface area contributed by atoms with E-state index in [1.165, 1.54) is 0 Å². The highest BCUT2D eigenvalue weighted by molar-refractivity contribution is 7.88. The van der Waals surface area contributed by atoms with Gasteiger partial charge in [-0.05, 0) is 31.5 Å². The van der Waals surface area contributed by atoms with Crippen molar-refractivity contribution in [1.29, 1.82) is 0 Å². The van der Waals surface area contributed by atoms with E-state index < -0.39 is 10.0 Å². The number of amides is 1. The zero-order valence-corrected chi connectivity index (χ0v) is 14.4. The van der Waals surface area contributed by atoms with Gasteiger partial charge in [0, 0.05) is 19.3 Å². The van der Waals surface area contributed by atoms with Crippen LogP contribution < -0.4 is 4.72 Å². The van der Waals surface area contributed by atoms with Crippen LogP contribution in [0.25, 0.3) is 0 Å². The van der Waals surface area contributed by atoms with Crippen molar-refractivity contribution in [2.24, 2.45) is 0 Å². The van der Waals surface area contributed by atoms with Gasteiger partial charge in [-0.1, -0.05) is 0 Å². The highest BCUT2D eigenvalue weighted by Gasteiger charge is 2.30. The molecule has 1 aliphatic rings. The Labute approximate surface area is 140 Å². The van der Waals surface area contributed by atoms with E-state index in [4.69, 9.17) is 4.42 Å². The van der Waals surface area contributed by atoms with Crippen molar-refractivity contribution >= 4 is 15.9 Å². The Kier molecular flexibility index (Phi) is 4.46. The summed E-state index contributed by atoms with van der Waals surface area (Å²) >= 11 is 0. The largest absolute Gasteiger partial charge is 0.456 e. The van der Waals surface area contributed by atoms with Crippen molar-refractivity contribution in [3.05, 3.63) is 41.6 Å². The molecule has 2 aromatic rings. The lowest BCUT2D eigenvalue weighted by Gasteiger charge is -2.33. The van der Waals surface area contributed by atoms with Gasteiger partial charge < -0.3 is 9.32 Å². The second kappa shape index (κ2) is 6.40. The molecule has 0 fully saturated rings. The Hall–Kier alpha value is -2.13. The van der Waals surface area contributed by atoms with Gasteiger partial charge in [0.15, 0.2) is 5.76 Å². The number of rotatable bonds is 5. The van der Waals surface area contributed by atoms with E-state index in [1.54, 1.807) is 30.2 Å². The lowest BCUT2D eigenvalue weighted by molar-refractivity contribution is 0.0631. The van der Waals surface area contributed by atoms with Crippen molar-refractivity contribution in [3.8, 4) is 0 Å². The summed E-state index contributed by atoms with van der Waals surface area (Å²) < 4.78 is 32.2. The van der Waals surface area contributed by atoms with Crippen LogP contribution in [0.4, 0.5) is 0 Å². The Morgan fingerprint density at radius 1 is 1.42 bits per heavy atom. The van der Waals surface area contributed by atoms with Crippen molar-refractivity contribution < 1.29 is 17.6 Å². The molecule has 0 saturated carbocycles. The van der Waals surface area contributed by atoms with E-state index in [1.807, 2.05) is 10.7 Å². The molecule has 1 N–H and O–H groups in total. The molecule has 2 aromatic heterocycles. The quantitative estimate of drug-likeness (QED) is 0.863. The minimum absolute atomic E-state index is 0.0852. The predicted molar refractivity (Wildman–Crippen MR) is 86.9 cm³/mol. The summed E-state index contributed by atoms with van der Waals surface area (Å²) in [6.45, 7) is 3.00. The molecular formula is C15H20N4O4S. The monoisotopic (exact) mass is 352 g/mol. The topological polar surface area (TPSA) is 97.4 Å². The lowest BCUT2D eigenvalue weighted by atomic mass is 10.1. The highest BCUT2D eigenvalue weighted by Crippen LogP contribution is 2.24. The summed E-state index contributed by atoms with van der Waals surface area (Å²) in [5.74, 6) is 0.833. The smallest absolute Gasteiger partial charge is 0.289 e. The van der Waals surface area contributed by atoms with Crippen LogP contribution >= 0.6 is 0 Å². The van der Waals surface area contributed by atoms with E-state index in [2.05, 4.69) is 9.82 Å². The minimum atomic E-state index is -3.23. The van der Waals surface area contributed by atoms with Gasteiger partial charge in [-0.3, -0.25) is 9.48 Å². The van der Waals surface area contributed by atoms with Gasteiger partial charge in [0.05, 0.1) is 24.5 Å². The normalized spacial score (nSPS) is 17.8. The number of carbonyl (C=O) groups is 1. The van der Waals surface area contributed by atoms with Gasteiger partial charge >= 0.3 is 0 Å². The molecule has 0 aromatic carbocycles. The van der Waals surface area contributed by atoms with Gasteiger partial charge in [0.2, 0.25) is 10.0 Å². The summed E-state index contributed by atoms with van der Waals surface area (Å²) in [5.41, 5.74) is 0.919. The van der Waals surface area contributed by atoms with Crippen molar-refractivity contribution in [1.82, 2.24) is 19.4 Å². The van der Waals surface area contributed by atoms with E-state index in [9.17, 15) is 13.2 Å². The maximum atomic E-state index is 12.6. The number of hydrogen-bond donors (Lipinski definition) is 1. The highest BCUT2D eigenvalue weighted by atomic mass is 32.2. The first kappa shape index (κ1) is 16.7. The lowest BCUT2D eigenvalue weighted by Crippen LogP contribution is -2.42. The maximum Gasteiger partial charge on any atom is 0.289 e. The van der Waals surface area contributed by atoms with E-state index >= 15 is 0 Å². The molecule has 0 aliphatic carbocycles. The molecule has 0 saturated heterocycles. The van der Waals surface area contributed by atoms with Crippen LogP contribution in [0.3, 0.4) is 0 Å². The molecule has 1 amide bonds. The third-order valence-electron chi connectivity index (χ3n) is 3.96. The Morgan fingerprint density at radius 3 is 2.88 bits per heavy atom. The first-order valence-corrected chi connectivity index (χ1v) is 9.55. The molecule has 1 aliphatic heterocycles. The second-order valence-corrected chi connectivity index (χ2v) is 7.81. The van der Waals surface area contributed by atoms with Crippen LogP contribution in [0.1, 0.15) is 34.5 Å². The van der Waals surface area contributed by atoms with Gasteiger partial charge in [-0.25, -0.2) is 13.1 Å². The molecule has 3 rings (SSSR count). The third kappa shape index (κ3) is 3.68. The summed E-state index contributed by atoms with van der Waals surface area (Å²) in [5, 5.41) is 4.30. The van der Waals surface area contributed by atoms with Crippen molar-refractivity contribution in [3.63, 3.8) is 0 Å². The average molecular weight is 352 g/mol. The molecular weight excluding hydrogens is 332 g/mol. The van der Waals surface area contributed by atoms with Crippen molar-refractivity contribution in [2.75, 3.05) is 19.3 Å². The number of aromatic nitrogens is 2. The SMILES string of the molecule is Cc1ccc(C(=O)N2Cc3ccnn3[C@@H](CCNS(C)(=O)=O)C2)o1. The maximum absolute atomic E-state index is 12.6. The number of sulfonamides is 1. The van der Waals surface area contributed by atoms with E-state index in [-0.39, 0.29) is 11.9 Å². The van der Waals surface area contributed by atoms with Gasteiger partial charge in [-0.2, -0.15) is 5.10 Å². The van der Waals surface area contributed by atoms with Crippen molar-refractivity contribution in [2.45, 2.75) is 25.9 Å². The number of carbonyl (C=O) groups excluding carboxylic acids is 1. The number of nitrogens with one attached hydrogen (secondary N) is 1. The Bertz CT molecular complexity index is 839. The Balaban J connectivity index is 1.74. The molecule has 0 spiro atoms. The number of furan rings is 1. The van der Waals surface area contributed by atoms with Crippen LogP contribution in [0.15, 0.2) is 28.8 Å². The molecule has 3 heterocycles. The van der Waals surface area contributed by atoms with Gasteiger partial charge in [-0.15, -0.1) is 0 Å². The fourth-order valence-corrected chi connectivity index (χ4v) is 3.36. The third-order valence-corrected chi connectivity index (χ3v) is 4.69. The zero-order valence-electron chi connectivity index (χ0n) is 13.6. The summed E-state index contributed by atoms with van der Waals surface area (Å²) in [4.78, 5) is 14.3. The molecule has 8 nitrogen and oxygen atoms in total. The Morgan fingerprint density at radius 2 is 2.21 bits per heavy atom. The minimum Gasteiger partial charge on any atom is -0.456 e. The molecule has 24 heavy (non-hydrogen) atoms. The number of aryl methyl sites for hydroxylation is 1. The summed E-state index contributed by atoms with van der Waals surface area (Å²) in [6.07, 6.45) is 3.36. The van der Waals surface area contributed by atoms with E-state index in [0.717, 1.165) is 11.9 Å². The van der Waals surface area contributed by atoms with Gasteiger partial charge in [0.25, 0.3) is 5.91 Å². The molecule has 1 atom stereocenters. The molecule has 9 heteroatoms. The summed E-state index contributed by atoms with van der Waals surface area (Å²) in [7, 11) is -3.23.